The van der Waals surface area contributed by atoms with Gasteiger partial charge >= 0.3 is 0 Å². The molecule has 0 bridgehead atoms. The number of hydrogen-bond acceptors (Lipinski definition) is 5. The molecule has 4 aromatic rings. The molecule has 9 heteroatoms. The van der Waals surface area contributed by atoms with Gasteiger partial charge in [-0.15, -0.1) is 0 Å². The predicted octanol–water partition coefficient (Wildman–Crippen LogP) is 3.86. The maximum absolute atomic E-state index is 12.0. The van der Waals surface area contributed by atoms with Crippen LogP contribution in [0.5, 0.6) is 5.75 Å². The van der Waals surface area contributed by atoms with Crippen LogP contribution < -0.4 is 0 Å². The van der Waals surface area contributed by atoms with E-state index in [1.807, 2.05) is 30.3 Å². The number of fused-ring (bicyclic) bond motifs is 2. The number of phenolic OH excluding ortho intramolecular Hbond substituents is 1. The van der Waals surface area contributed by atoms with E-state index in [1.165, 1.54) is 12.1 Å². The first-order chi connectivity index (χ1) is 13.6. The van der Waals surface area contributed by atoms with Gasteiger partial charge in [-0.05, 0) is 40.1 Å². The van der Waals surface area contributed by atoms with Crippen LogP contribution in [0, 0.1) is 0 Å². The first-order valence-corrected chi connectivity index (χ1v) is 11.2. The average Bonchev–Trinajstić information content (AvgIpc) is 2.65. The summed E-state index contributed by atoms with van der Waals surface area (Å²) in [5, 5.41) is 11.8. The lowest BCUT2D eigenvalue weighted by Crippen LogP contribution is -2.03. The molecule has 0 amide bonds. The highest BCUT2D eigenvalue weighted by Gasteiger charge is 2.22. The quantitative estimate of drug-likeness (QED) is 0.421. The molecule has 0 radical (unpaired) electrons. The summed E-state index contributed by atoms with van der Waals surface area (Å²) in [6.07, 6.45) is 0. The molecule has 0 unspecified atom stereocenters. The maximum Gasteiger partial charge on any atom is 0.295 e. The summed E-state index contributed by atoms with van der Waals surface area (Å²) in [4.78, 5) is -1.27. The summed E-state index contributed by atoms with van der Waals surface area (Å²) >= 11 is 0. The van der Waals surface area contributed by atoms with Crippen LogP contribution in [0.25, 0.3) is 32.7 Å². The minimum Gasteiger partial charge on any atom is -0.507 e. The molecule has 29 heavy (non-hydrogen) atoms. The Balaban J connectivity index is 2.15. The van der Waals surface area contributed by atoms with Crippen molar-refractivity contribution in [2.75, 3.05) is 0 Å². The Morgan fingerprint density at radius 2 is 1.34 bits per heavy atom. The molecule has 148 valence electrons. The first kappa shape index (κ1) is 19.3. The third-order valence-corrected chi connectivity index (χ3v) is 6.38. The fraction of sp³-hybridized carbons (Fsp3) is 0. The Kier molecular flexibility index (Phi) is 4.35. The van der Waals surface area contributed by atoms with Crippen LogP contribution >= 0.6 is 0 Å². The second kappa shape index (κ2) is 6.53. The smallest absolute Gasteiger partial charge is 0.295 e. The van der Waals surface area contributed by atoms with Gasteiger partial charge in [0.15, 0.2) is 0 Å². The van der Waals surface area contributed by atoms with Gasteiger partial charge in [-0.3, -0.25) is 9.11 Å². The van der Waals surface area contributed by atoms with E-state index in [9.17, 15) is 31.0 Å². The van der Waals surface area contributed by atoms with E-state index >= 15 is 0 Å². The Bertz CT molecular complexity index is 1500. The van der Waals surface area contributed by atoms with Crippen LogP contribution in [0.4, 0.5) is 0 Å². The lowest BCUT2D eigenvalue weighted by atomic mass is 9.96. The molecule has 0 saturated heterocycles. The van der Waals surface area contributed by atoms with Crippen LogP contribution in [-0.4, -0.2) is 31.0 Å². The normalized spacial score (nSPS) is 12.5. The van der Waals surface area contributed by atoms with Crippen LogP contribution in [0.1, 0.15) is 0 Å². The van der Waals surface area contributed by atoms with Gasteiger partial charge in [-0.1, -0.05) is 42.5 Å². The third kappa shape index (κ3) is 3.45. The Hall–Kier alpha value is -2.98. The van der Waals surface area contributed by atoms with Gasteiger partial charge in [0, 0.05) is 16.8 Å². The molecule has 0 spiro atoms. The molecule has 0 atom stereocenters. The van der Waals surface area contributed by atoms with Gasteiger partial charge in [-0.2, -0.15) is 16.8 Å². The second-order valence-corrected chi connectivity index (χ2v) is 9.30. The number of phenols is 1. The van der Waals surface area contributed by atoms with Crippen molar-refractivity contribution in [1.82, 2.24) is 0 Å². The van der Waals surface area contributed by atoms with Crippen LogP contribution in [-0.2, 0) is 20.2 Å². The van der Waals surface area contributed by atoms with E-state index < -0.39 is 35.8 Å². The summed E-state index contributed by atoms with van der Waals surface area (Å²) in [5.41, 5.74) is 1.06. The third-order valence-electron chi connectivity index (χ3n) is 4.66. The zero-order valence-corrected chi connectivity index (χ0v) is 16.3. The molecule has 0 aliphatic rings. The van der Waals surface area contributed by atoms with Crippen molar-refractivity contribution < 1.29 is 31.0 Å². The van der Waals surface area contributed by atoms with Crippen molar-refractivity contribution >= 4 is 41.8 Å². The molecule has 0 aliphatic carbocycles. The number of rotatable bonds is 3. The zero-order valence-electron chi connectivity index (χ0n) is 14.6. The Morgan fingerprint density at radius 3 is 2.03 bits per heavy atom. The van der Waals surface area contributed by atoms with Gasteiger partial charge in [0.05, 0.1) is 4.90 Å². The van der Waals surface area contributed by atoms with E-state index in [0.717, 1.165) is 22.9 Å². The average molecular weight is 430 g/mol. The largest absolute Gasteiger partial charge is 0.507 e. The second-order valence-electron chi connectivity index (χ2n) is 6.49. The maximum atomic E-state index is 12.0. The molecule has 7 nitrogen and oxygen atoms in total. The van der Waals surface area contributed by atoms with Crippen molar-refractivity contribution in [3.8, 4) is 16.9 Å². The molecule has 0 aliphatic heterocycles. The lowest BCUT2D eigenvalue weighted by molar-refractivity contribution is 0.470. The number of benzene rings is 4. The summed E-state index contributed by atoms with van der Waals surface area (Å²) in [5.74, 6) is -0.554. The Labute approximate surface area is 166 Å². The van der Waals surface area contributed by atoms with Crippen LogP contribution in [0.2, 0.25) is 0 Å². The standard InChI is InChI=1S/C20H14O7S2/c21-19-11-14(28(22,23)24)10-18-17(19)8-13(9-20(18)29(25,26)27)16-7-3-5-12-4-1-2-6-15(12)16/h1-11,21H,(H,22,23,24)(H,25,26,27). The predicted molar refractivity (Wildman–Crippen MR) is 108 cm³/mol. The van der Waals surface area contributed by atoms with Crippen molar-refractivity contribution in [2.24, 2.45) is 0 Å². The fourth-order valence-electron chi connectivity index (χ4n) is 3.38. The van der Waals surface area contributed by atoms with E-state index in [4.69, 9.17) is 0 Å². The van der Waals surface area contributed by atoms with E-state index in [0.29, 0.717) is 11.1 Å². The summed E-state index contributed by atoms with van der Waals surface area (Å²) in [7, 11) is -9.49. The highest BCUT2D eigenvalue weighted by Crippen LogP contribution is 2.38. The number of aromatic hydroxyl groups is 1. The van der Waals surface area contributed by atoms with E-state index in [1.54, 1.807) is 12.1 Å². The van der Waals surface area contributed by atoms with Gasteiger partial charge in [0.1, 0.15) is 10.6 Å². The molecule has 0 heterocycles. The van der Waals surface area contributed by atoms with Gasteiger partial charge in [0.2, 0.25) is 0 Å². The van der Waals surface area contributed by atoms with Crippen molar-refractivity contribution in [3.05, 3.63) is 66.7 Å². The molecule has 0 fully saturated rings. The van der Waals surface area contributed by atoms with E-state index in [2.05, 4.69) is 0 Å². The molecule has 0 saturated carbocycles. The molecule has 3 N–H and O–H groups in total. The highest BCUT2D eigenvalue weighted by molar-refractivity contribution is 7.86. The SMILES string of the molecule is O=S(=O)(O)c1cc(O)c2cc(-c3cccc4ccccc34)cc(S(=O)(=O)O)c2c1. The summed E-state index contributed by atoms with van der Waals surface area (Å²) in [6, 6.07) is 17.3. The minimum atomic E-state index is -4.78. The minimum absolute atomic E-state index is 0.00968. The molecule has 4 aromatic carbocycles. The van der Waals surface area contributed by atoms with Crippen LogP contribution in [0.3, 0.4) is 0 Å². The fourth-order valence-corrected chi connectivity index (χ4v) is 4.63. The molecular formula is C20H14O7S2. The van der Waals surface area contributed by atoms with Gasteiger partial charge in [-0.25, -0.2) is 0 Å². The molecule has 0 aromatic heterocycles. The molecular weight excluding hydrogens is 416 g/mol. The van der Waals surface area contributed by atoms with Crippen LogP contribution in [0.15, 0.2) is 76.5 Å². The zero-order chi connectivity index (χ0) is 21.0. The van der Waals surface area contributed by atoms with Crippen molar-refractivity contribution in [2.45, 2.75) is 9.79 Å². The van der Waals surface area contributed by atoms with Crippen molar-refractivity contribution in [3.63, 3.8) is 0 Å². The Morgan fingerprint density at radius 1 is 0.655 bits per heavy atom. The summed E-state index contributed by atoms with van der Waals surface area (Å²) in [6.45, 7) is 0. The van der Waals surface area contributed by atoms with Gasteiger partial charge in [0.25, 0.3) is 20.2 Å². The van der Waals surface area contributed by atoms with Gasteiger partial charge < -0.3 is 5.11 Å². The molecule has 4 rings (SSSR count). The lowest BCUT2D eigenvalue weighted by Gasteiger charge is -2.13. The summed E-state index contributed by atoms with van der Waals surface area (Å²) < 4.78 is 66.0. The van der Waals surface area contributed by atoms with E-state index in [-0.39, 0.29) is 10.8 Å². The first-order valence-electron chi connectivity index (χ1n) is 8.29. The monoisotopic (exact) mass is 430 g/mol. The number of hydrogen-bond donors (Lipinski definition) is 3. The topological polar surface area (TPSA) is 129 Å². The van der Waals surface area contributed by atoms with Crippen molar-refractivity contribution in [1.29, 1.82) is 0 Å². The highest BCUT2D eigenvalue weighted by atomic mass is 32.2.